The standard InChI is InChI=1S/C27H28N2O4/c1-18(2)19-10-12-20(13-11-19)26-27(31)28(23-16-22(32-3)14-15-24(23)33-4)17-25(30)29(26)21-8-6-5-7-9-21/h5-16,18,26H,17H2,1-4H3. The number of hydrogen-bond donors (Lipinski definition) is 0. The van der Waals surface area contributed by atoms with Gasteiger partial charge >= 0.3 is 0 Å². The molecule has 4 rings (SSSR count). The van der Waals surface area contributed by atoms with Crippen LogP contribution >= 0.6 is 0 Å². The lowest BCUT2D eigenvalue weighted by atomic mass is 9.95. The zero-order valence-corrected chi connectivity index (χ0v) is 19.3. The Kier molecular flexibility index (Phi) is 6.36. The van der Waals surface area contributed by atoms with E-state index in [9.17, 15) is 9.59 Å². The molecule has 0 aliphatic carbocycles. The number of rotatable bonds is 6. The van der Waals surface area contributed by atoms with Crippen LogP contribution in [0.5, 0.6) is 11.5 Å². The molecule has 1 fully saturated rings. The number of methoxy groups -OCH3 is 2. The Labute approximate surface area is 194 Å². The van der Waals surface area contributed by atoms with Crippen molar-refractivity contribution in [1.29, 1.82) is 0 Å². The summed E-state index contributed by atoms with van der Waals surface area (Å²) in [6.45, 7) is 4.15. The van der Waals surface area contributed by atoms with Crippen LogP contribution in [0.25, 0.3) is 0 Å². The van der Waals surface area contributed by atoms with E-state index in [4.69, 9.17) is 9.47 Å². The summed E-state index contributed by atoms with van der Waals surface area (Å²) >= 11 is 0. The molecule has 2 amide bonds. The van der Waals surface area contributed by atoms with Crippen molar-refractivity contribution in [1.82, 2.24) is 0 Å². The van der Waals surface area contributed by atoms with Gasteiger partial charge in [-0.25, -0.2) is 0 Å². The topological polar surface area (TPSA) is 59.1 Å². The molecule has 33 heavy (non-hydrogen) atoms. The summed E-state index contributed by atoms with van der Waals surface area (Å²) in [5.74, 6) is 1.06. The normalized spacial score (nSPS) is 16.3. The van der Waals surface area contributed by atoms with E-state index in [1.165, 1.54) is 10.5 Å². The van der Waals surface area contributed by atoms with Crippen molar-refractivity contribution >= 4 is 23.2 Å². The summed E-state index contributed by atoms with van der Waals surface area (Å²) in [7, 11) is 3.10. The molecule has 1 heterocycles. The highest BCUT2D eigenvalue weighted by atomic mass is 16.5. The van der Waals surface area contributed by atoms with Gasteiger partial charge in [0.25, 0.3) is 5.91 Å². The zero-order chi connectivity index (χ0) is 23.5. The minimum Gasteiger partial charge on any atom is -0.497 e. The van der Waals surface area contributed by atoms with E-state index in [0.29, 0.717) is 28.8 Å². The van der Waals surface area contributed by atoms with Crippen LogP contribution in [0.3, 0.4) is 0 Å². The fourth-order valence-electron chi connectivity index (χ4n) is 4.14. The number of anilines is 2. The van der Waals surface area contributed by atoms with Crippen molar-refractivity contribution < 1.29 is 19.1 Å². The summed E-state index contributed by atoms with van der Waals surface area (Å²) in [5, 5.41) is 0. The van der Waals surface area contributed by atoms with Gasteiger partial charge in [0, 0.05) is 11.8 Å². The van der Waals surface area contributed by atoms with Crippen molar-refractivity contribution in [3.8, 4) is 11.5 Å². The molecule has 0 aromatic heterocycles. The Balaban J connectivity index is 1.83. The van der Waals surface area contributed by atoms with E-state index in [2.05, 4.69) is 13.8 Å². The maximum absolute atomic E-state index is 14.0. The van der Waals surface area contributed by atoms with Crippen LogP contribution in [0.1, 0.15) is 36.9 Å². The van der Waals surface area contributed by atoms with Gasteiger partial charge in [-0.15, -0.1) is 0 Å². The lowest BCUT2D eigenvalue weighted by molar-refractivity contribution is -0.128. The molecule has 1 saturated heterocycles. The van der Waals surface area contributed by atoms with Crippen LogP contribution < -0.4 is 19.3 Å². The summed E-state index contributed by atoms with van der Waals surface area (Å²) in [4.78, 5) is 30.6. The second-order valence-corrected chi connectivity index (χ2v) is 8.29. The van der Waals surface area contributed by atoms with Crippen LogP contribution in [-0.2, 0) is 9.59 Å². The fraction of sp³-hybridized carbons (Fsp3) is 0.259. The van der Waals surface area contributed by atoms with Crippen LogP contribution in [-0.4, -0.2) is 32.6 Å². The molecular formula is C27H28N2O4. The molecule has 3 aromatic rings. The molecule has 0 N–H and O–H groups in total. The smallest absolute Gasteiger partial charge is 0.255 e. The average molecular weight is 445 g/mol. The molecule has 170 valence electrons. The number of nitrogens with zero attached hydrogens (tertiary/aromatic N) is 2. The third kappa shape index (κ3) is 4.29. The van der Waals surface area contributed by atoms with E-state index in [1.54, 1.807) is 37.3 Å². The van der Waals surface area contributed by atoms with Crippen molar-refractivity contribution in [3.63, 3.8) is 0 Å². The lowest BCUT2D eigenvalue weighted by Crippen LogP contribution is -2.56. The molecule has 6 heteroatoms. The summed E-state index contributed by atoms with van der Waals surface area (Å²) < 4.78 is 10.9. The number of piperazine rings is 1. The molecule has 1 atom stereocenters. The number of ether oxygens (including phenoxy) is 2. The first kappa shape index (κ1) is 22.4. The predicted molar refractivity (Wildman–Crippen MR) is 129 cm³/mol. The zero-order valence-electron chi connectivity index (χ0n) is 19.3. The summed E-state index contributed by atoms with van der Waals surface area (Å²) in [6, 6.07) is 21.7. The van der Waals surface area contributed by atoms with Gasteiger partial charge in [-0.05, 0) is 41.3 Å². The van der Waals surface area contributed by atoms with Gasteiger partial charge in [0.2, 0.25) is 5.91 Å². The minimum absolute atomic E-state index is 0.0994. The molecule has 1 aliphatic rings. The van der Waals surface area contributed by atoms with Crippen LogP contribution in [0, 0.1) is 0 Å². The maximum Gasteiger partial charge on any atom is 0.255 e. The van der Waals surface area contributed by atoms with Gasteiger partial charge in [-0.1, -0.05) is 56.3 Å². The number of amides is 2. The Morgan fingerprint density at radius 2 is 1.58 bits per heavy atom. The van der Waals surface area contributed by atoms with Gasteiger partial charge in [-0.2, -0.15) is 0 Å². The molecular weight excluding hydrogens is 416 g/mol. The first-order valence-corrected chi connectivity index (χ1v) is 10.9. The van der Waals surface area contributed by atoms with E-state index >= 15 is 0 Å². The van der Waals surface area contributed by atoms with Crippen LogP contribution in [0.15, 0.2) is 72.8 Å². The van der Waals surface area contributed by atoms with Gasteiger partial charge in [0.05, 0.1) is 19.9 Å². The fourth-order valence-corrected chi connectivity index (χ4v) is 4.14. The first-order chi connectivity index (χ1) is 15.9. The Morgan fingerprint density at radius 3 is 2.18 bits per heavy atom. The molecule has 1 unspecified atom stereocenters. The lowest BCUT2D eigenvalue weighted by Gasteiger charge is -2.40. The van der Waals surface area contributed by atoms with Gasteiger partial charge in [0.15, 0.2) is 0 Å². The SMILES string of the molecule is COc1ccc(OC)c(N2CC(=O)N(c3ccccc3)C(c3ccc(C(C)C)cc3)C2=O)c1. The third-order valence-electron chi connectivity index (χ3n) is 5.95. The van der Waals surface area contributed by atoms with Crippen molar-refractivity contribution in [2.45, 2.75) is 25.8 Å². The maximum atomic E-state index is 14.0. The van der Waals surface area contributed by atoms with E-state index < -0.39 is 6.04 Å². The molecule has 0 bridgehead atoms. The summed E-state index contributed by atoms with van der Waals surface area (Å²) in [5.41, 5.74) is 3.12. The highest BCUT2D eigenvalue weighted by molar-refractivity contribution is 6.15. The minimum atomic E-state index is -0.800. The largest absolute Gasteiger partial charge is 0.497 e. The number of carbonyl (C=O) groups excluding carboxylic acids is 2. The Hall–Kier alpha value is -3.80. The molecule has 0 saturated carbocycles. The van der Waals surface area contributed by atoms with Crippen molar-refractivity contribution in [3.05, 3.63) is 83.9 Å². The Morgan fingerprint density at radius 1 is 0.879 bits per heavy atom. The Bertz CT molecular complexity index is 1140. The van der Waals surface area contributed by atoms with Crippen molar-refractivity contribution in [2.24, 2.45) is 0 Å². The van der Waals surface area contributed by atoms with Crippen LogP contribution in [0.2, 0.25) is 0 Å². The summed E-state index contributed by atoms with van der Waals surface area (Å²) in [6.07, 6.45) is 0. The van der Waals surface area contributed by atoms with Crippen molar-refractivity contribution in [2.75, 3.05) is 30.6 Å². The number of hydrogen-bond acceptors (Lipinski definition) is 4. The third-order valence-corrected chi connectivity index (χ3v) is 5.95. The van der Waals surface area contributed by atoms with Gasteiger partial charge in [0.1, 0.15) is 24.1 Å². The van der Waals surface area contributed by atoms with Gasteiger partial charge in [-0.3, -0.25) is 19.4 Å². The highest BCUT2D eigenvalue weighted by Gasteiger charge is 2.42. The van der Waals surface area contributed by atoms with E-state index in [0.717, 1.165) is 5.56 Å². The first-order valence-electron chi connectivity index (χ1n) is 10.9. The molecule has 3 aromatic carbocycles. The van der Waals surface area contributed by atoms with Crippen LogP contribution in [0.4, 0.5) is 11.4 Å². The second-order valence-electron chi connectivity index (χ2n) is 8.29. The molecule has 6 nitrogen and oxygen atoms in total. The molecule has 0 radical (unpaired) electrons. The highest BCUT2D eigenvalue weighted by Crippen LogP contribution is 2.39. The van der Waals surface area contributed by atoms with Gasteiger partial charge < -0.3 is 9.47 Å². The monoisotopic (exact) mass is 444 g/mol. The molecule has 1 aliphatic heterocycles. The second kappa shape index (κ2) is 9.36. The molecule has 0 spiro atoms. The number of para-hydroxylation sites is 1. The average Bonchev–Trinajstić information content (AvgIpc) is 2.85. The van der Waals surface area contributed by atoms with E-state index in [-0.39, 0.29) is 18.4 Å². The quantitative estimate of drug-likeness (QED) is 0.540. The number of carbonyl (C=O) groups is 2. The number of benzene rings is 3. The predicted octanol–water partition coefficient (Wildman–Crippen LogP) is 4.95. The van der Waals surface area contributed by atoms with E-state index in [1.807, 2.05) is 54.6 Å².